The van der Waals surface area contributed by atoms with Crippen LogP contribution >= 0.6 is 0 Å². The number of carbonyl (C=O) groups excluding carboxylic acids is 3. The lowest BCUT2D eigenvalue weighted by atomic mass is 9.95. The number of barbiturate groups is 1. The van der Waals surface area contributed by atoms with Gasteiger partial charge >= 0.3 is 6.03 Å². The van der Waals surface area contributed by atoms with Crippen molar-refractivity contribution in [2.24, 2.45) is 5.92 Å². The van der Waals surface area contributed by atoms with Crippen molar-refractivity contribution in [3.05, 3.63) is 0 Å². The van der Waals surface area contributed by atoms with Gasteiger partial charge in [-0.25, -0.2) is 4.79 Å². The maximum Gasteiger partial charge on any atom is 0.333 e. The molecule has 0 spiro atoms. The zero-order chi connectivity index (χ0) is 27.8. The standard InChI is InChI=1S/C25H43N5O9/c31-19(14-26-1-7-37-8-2-26)13-22-23(34)29(17-20(32)15-27-3-9-38-10-4-27)25(36)30(24(22)35)18-21(33)16-28-5-11-39-12-6-28/h19-22,31-33H,1-18H2/t19-,20-,21-/m1/s1. The summed E-state index contributed by atoms with van der Waals surface area (Å²) in [5.41, 5.74) is 0. The lowest BCUT2D eigenvalue weighted by molar-refractivity contribution is -0.153. The summed E-state index contributed by atoms with van der Waals surface area (Å²) in [4.78, 5) is 48.0. The van der Waals surface area contributed by atoms with Crippen LogP contribution in [0.25, 0.3) is 0 Å². The van der Waals surface area contributed by atoms with E-state index in [1.54, 1.807) is 0 Å². The van der Waals surface area contributed by atoms with Crippen molar-refractivity contribution >= 4 is 17.8 Å². The van der Waals surface area contributed by atoms with Gasteiger partial charge < -0.3 is 29.5 Å². The van der Waals surface area contributed by atoms with Crippen LogP contribution in [0.2, 0.25) is 0 Å². The van der Waals surface area contributed by atoms with Gasteiger partial charge in [-0.05, 0) is 6.42 Å². The topological polar surface area (TPSA) is 156 Å². The second kappa shape index (κ2) is 14.8. The minimum absolute atomic E-state index is 0.158. The first kappa shape index (κ1) is 30.2. The number of imide groups is 2. The normalized spacial score (nSPS) is 25.8. The fourth-order valence-electron chi connectivity index (χ4n) is 5.48. The van der Waals surface area contributed by atoms with Crippen LogP contribution in [0, 0.1) is 5.92 Å². The van der Waals surface area contributed by atoms with Crippen molar-refractivity contribution in [2.45, 2.75) is 24.7 Å². The number of rotatable bonds is 12. The van der Waals surface area contributed by atoms with Crippen molar-refractivity contribution in [1.29, 1.82) is 0 Å². The van der Waals surface area contributed by atoms with Crippen molar-refractivity contribution in [3.8, 4) is 0 Å². The number of ether oxygens (including phenoxy) is 3. The maximum absolute atomic E-state index is 13.4. The molecule has 14 heteroatoms. The van der Waals surface area contributed by atoms with Gasteiger partial charge in [-0.3, -0.25) is 34.1 Å². The Morgan fingerprint density at radius 3 is 1.26 bits per heavy atom. The van der Waals surface area contributed by atoms with E-state index in [9.17, 15) is 29.7 Å². The Morgan fingerprint density at radius 2 is 0.897 bits per heavy atom. The van der Waals surface area contributed by atoms with Crippen molar-refractivity contribution in [3.63, 3.8) is 0 Å². The van der Waals surface area contributed by atoms with Crippen molar-refractivity contribution < 1.29 is 43.9 Å². The Morgan fingerprint density at radius 1 is 0.564 bits per heavy atom. The molecular formula is C25H43N5O9. The zero-order valence-electron chi connectivity index (χ0n) is 22.6. The average Bonchev–Trinajstić information content (AvgIpc) is 2.93. The molecule has 4 aliphatic rings. The van der Waals surface area contributed by atoms with Gasteiger partial charge in [0, 0.05) is 58.9 Å². The lowest BCUT2D eigenvalue weighted by Crippen LogP contribution is -2.63. The number of urea groups is 1. The molecule has 4 saturated heterocycles. The molecule has 0 unspecified atom stereocenters. The second-order valence-electron chi connectivity index (χ2n) is 10.7. The Balaban J connectivity index is 1.43. The summed E-state index contributed by atoms with van der Waals surface area (Å²) in [6.45, 7) is 7.28. The van der Waals surface area contributed by atoms with Gasteiger partial charge in [0.1, 0.15) is 5.92 Å². The summed E-state index contributed by atoms with van der Waals surface area (Å²) in [6.07, 6.45) is -3.19. The Bertz CT molecular complexity index is 695. The van der Waals surface area contributed by atoms with Crippen LogP contribution in [-0.2, 0) is 23.8 Å². The average molecular weight is 558 g/mol. The van der Waals surface area contributed by atoms with E-state index in [4.69, 9.17) is 14.2 Å². The Labute approximate surface area is 228 Å². The van der Waals surface area contributed by atoms with Gasteiger partial charge in [-0.2, -0.15) is 0 Å². The third-order valence-corrected chi connectivity index (χ3v) is 7.60. The summed E-state index contributed by atoms with van der Waals surface area (Å²) < 4.78 is 16.0. The molecule has 3 atom stereocenters. The molecule has 0 aromatic carbocycles. The van der Waals surface area contributed by atoms with Crippen LogP contribution in [0.3, 0.4) is 0 Å². The van der Waals surface area contributed by atoms with Crippen molar-refractivity contribution in [1.82, 2.24) is 24.5 Å². The zero-order valence-corrected chi connectivity index (χ0v) is 22.6. The molecule has 3 N–H and O–H groups in total. The van der Waals surface area contributed by atoms with E-state index in [1.165, 1.54) is 0 Å². The smallest absolute Gasteiger partial charge is 0.333 e. The van der Waals surface area contributed by atoms with Gasteiger partial charge in [-0.15, -0.1) is 0 Å². The SMILES string of the molecule is O=C1C(C[C@@H](O)CN2CCOCC2)C(=O)N(C[C@H](O)CN2CCOCC2)C(=O)N1C[C@H](O)CN1CCOCC1. The van der Waals surface area contributed by atoms with E-state index < -0.39 is 42.1 Å². The number of hydrogen-bond donors (Lipinski definition) is 3. The fraction of sp³-hybridized carbons (Fsp3) is 0.880. The maximum atomic E-state index is 13.4. The van der Waals surface area contributed by atoms with E-state index in [1.807, 2.05) is 14.7 Å². The van der Waals surface area contributed by atoms with Gasteiger partial charge in [0.15, 0.2) is 0 Å². The Hall–Kier alpha value is -1.75. The number of hydrogen-bond acceptors (Lipinski definition) is 12. The molecule has 0 aliphatic carbocycles. The van der Waals surface area contributed by atoms with Crippen LogP contribution < -0.4 is 0 Å². The molecule has 39 heavy (non-hydrogen) atoms. The van der Waals surface area contributed by atoms with Crippen LogP contribution in [0.5, 0.6) is 0 Å². The number of aliphatic hydroxyl groups excluding tert-OH is 3. The lowest BCUT2D eigenvalue weighted by Gasteiger charge is -2.40. The van der Waals surface area contributed by atoms with Gasteiger partial charge in [0.25, 0.3) is 0 Å². The van der Waals surface area contributed by atoms with E-state index in [2.05, 4.69) is 0 Å². The molecule has 4 fully saturated rings. The molecule has 14 nitrogen and oxygen atoms in total. The van der Waals surface area contributed by atoms with E-state index in [0.717, 1.165) is 9.80 Å². The molecule has 0 aromatic rings. The molecule has 0 saturated carbocycles. The minimum atomic E-state index is -1.29. The minimum Gasteiger partial charge on any atom is -0.392 e. The summed E-state index contributed by atoms with van der Waals surface area (Å²) in [5.74, 6) is -2.75. The van der Waals surface area contributed by atoms with Crippen molar-refractivity contribution in [2.75, 3.05) is 112 Å². The third kappa shape index (κ3) is 8.62. The molecule has 0 aromatic heterocycles. The molecule has 0 bridgehead atoms. The van der Waals surface area contributed by atoms with E-state index in [0.29, 0.717) is 78.9 Å². The van der Waals surface area contributed by atoms with E-state index in [-0.39, 0.29) is 39.1 Å². The second-order valence-corrected chi connectivity index (χ2v) is 10.7. The van der Waals surface area contributed by atoms with Gasteiger partial charge in [0.05, 0.1) is 71.0 Å². The summed E-state index contributed by atoms with van der Waals surface area (Å²) in [5, 5.41) is 32.3. The fourth-order valence-corrected chi connectivity index (χ4v) is 5.48. The predicted molar refractivity (Wildman–Crippen MR) is 137 cm³/mol. The Kier molecular flexibility index (Phi) is 11.4. The highest BCUT2D eigenvalue weighted by atomic mass is 16.5. The molecular weight excluding hydrogens is 514 g/mol. The number of β-amino-alcohol motifs (C(OH)–C–C–N with tert-alkyl or cyclic N) is 3. The predicted octanol–water partition coefficient (Wildman–Crippen LogP) is -3.14. The number of carbonyl (C=O) groups is 3. The first-order valence-electron chi connectivity index (χ1n) is 13.9. The van der Waals surface area contributed by atoms with Gasteiger partial charge in [-0.1, -0.05) is 0 Å². The monoisotopic (exact) mass is 557 g/mol. The van der Waals surface area contributed by atoms with Crippen LogP contribution in [0.15, 0.2) is 0 Å². The number of amides is 4. The molecule has 4 aliphatic heterocycles. The summed E-state index contributed by atoms with van der Waals surface area (Å²) in [6, 6.07) is -0.856. The molecule has 0 radical (unpaired) electrons. The molecule has 4 amide bonds. The quantitative estimate of drug-likeness (QED) is 0.208. The highest BCUT2D eigenvalue weighted by Crippen LogP contribution is 2.24. The highest BCUT2D eigenvalue weighted by molar-refractivity contribution is 6.16. The number of nitrogens with zero attached hydrogens (tertiary/aromatic N) is 5. The van der Waals surface area contributed by atoms with Gasteiger partial charge in [0.2, 0.25) is 11.8 Å². The molecule has 4 heterocycles. The largest absolute Gasteiger partial charge is 0.392 e. The molecule has 222 valence electrons. The summed E-state index contributed by atoms with van der Waals surface area (Å²) in [7, 11) is 0. The van der Waals surface area contributed by atoms with E-state index >= 15 is 0 Å². The highest BCUT2D eigenvalue weighted by Gasteiger charge is 2.47. The van der Waals surface area contributed by atoms with Crippen LogP contribution in [0.4, 0.5) is 4.79 Å². The first-order valence-corrected chi connectivity index (χ1v) is 13.9. The first-order chi connectivity index (χ1) is 18.8. The number of morpholine rings is 3. The third-order valence-electron chi connectivity index (χ3n) is 7.60. The van der Waals surface area contributed by atoms with Crippen LogP contribution in [-0.4, -0.2) is 188 Å². The summed E-state index contributed by atoms with van der Waals surface area (Å²) >= 11 is 0. The van der Waals surface area contributed by atoms with Crippen LogP contribution in [0.1, 0.15) is 6.42 Å². The number of aliphatic hydroxyl groups is 3. The molecule has 4 rings (SSSR count).